The molecule has 2 nitrogen and oxygen atoms in total. The van der Waals surface area contributed by atoms with Crippen LogP contribution in [0.1, 0.15) is 11.3 Å². The van der Waals surface area contributed by atoms with Crippen LogP contribution in [0.25, 0.3) is 22.9 Å². The smallest absolute Gasteiger partial charge is 0.0708 e. The van der Waals surface area contributed by atoms with Crippen molar-refractivity contribution in [2.45, 2.75) is 0 Å². The Labute approximate surface area is 106 Å². The molecule has 0 radical (unpaired) electrons. The summed E-state index contributed by atoms with van der Waals surface area (Å²) in [5.74, 6) is 0. The number of rotatable bonds is 2. The van der Waals surface area contributed by atoms with Crippen molar-refractivity contribution in [2.24, 2.45) is 0 Å². The highest BCUT2D eigenvalue weighted by molar-refractivity contribution is 5.90. The van der Waals surface area contributed by atoms with E-state index >= 15 is 0 Å². The number of nitrogens with zero attached hydrogens (tertiary/aromatic N) is 2. The van der Waals surface area contributed by atoms with Gasteiger partial charge in [0.05, 0.1) is 5.69 Å². The maximum Gasteiger partial charge on any atom is 0.0708 e. The Bertz CT molecular complexity index is 682. The van der Waals surface area contributed by atoms with Crippen LogP contribution in [0, 0.1) is 0 Å². The van der Waals surface area contributed by atoms with E-state index in [-0.39, 0.29) is 0 Å². The zero-order valence-electron chi connectivity index (χ0n) is 9.82. The molecular formula is C16H12N2. The lowest BCUT2D eigenvalue weighted by Crippen LogP contribution is -1.83. The van der Waals surface area contributed by atoms with Crippen molar-refractivity contribution in [1.82, 2.24) is 9.97 Å². The molecule has 2 heterocycles. The van der Waals surface area contributed by atoms with Gasteiger partial charge in [-0.05, 0) is 35.2 Å². The van der Waals surface area contributed by atoms with Crippen molar-refractivity contribution >= 4 is 22.9 Å². The molecule has 0 unspecified atom stereocenters. The molecule has 1 aromatic carbocycles. The third-order valence-corrected chi connectivity index (χ3v) is 2.84. The fourth-order valence-electron chi connectivity index (χ4n) is 1.93. The molecular weight excluding hydrogens is 220 g/mol. The van der Waals surface area contributed by atoms with Crippen LogP contribution in [-0.4, -0.2) is 9.97 Å². The van der Waals surface area contributed by atoms with Crippen molar-refractivity contribution in [3.8, 4) is 0 Å². The minimum atomic E-state index is 0.991. The van der Waals surface area contributed by atoms with Gasteiger partial charge < -0.3 is 0 Å². The second-order valence-electron chi connectivity index (χ2n) is 4.03. The fourth-order valence-corrected chi connectivity index (χ4v) is 1.93. The first-order valence-corrected chi connectivity index (χ1v) is 5.85. The summed E-state index contributed by atoms with van der Waals surface area (Å²) in [4.78, 5) is 8.42. The Hall–Kier alpha value is -2.48. The van der Waals surface area contributed by atoms with Gasteiger partial charge in [0.25, 0.3) is 0 Å². The van der Waals surface area contributed by atoms with Crippen molar-refractivity contribution in [2.75, 3.05) is 0 Å². The Balaban J connectivity index is 2.03. The molecule has 18 heavy (non-hydrogen) atoms. The Morgan fingerprint density at radius 1 is 0.778 bits per heavy atom. The van der Waals surface area contributed by atoms with Crippen LogP contribution in [0.2, 0.25) is 0 Å². The third kappa shape index (κ3) is 2.13. The topological polar surface area (TPSA) is 25.8 Å². The first-order chi connectivity index (χ1) is 8.93. The molecule has 3 aromatic rings. The van der Waals surface area contributed by atoms with Gasteiger partial charge in [-0.3, -0.25) is 9.97 Å². The summed E-state index contributed by atoms with van der Waals surface area (Å²) in [6.07, 6.45) is 9.51. The zero-order valence-corrected chi connectivity index (χ0v) is 9.82. The number of hydrogen-bond acceptors (Lipinski definition) is 2. The van der Waals surface area contributed by atoms with E-state index in [2.05, 4.69) is 28.2 Å². The van der Waals surface area contributed by atoms with Crippen LogP contribution in [0.4, 0.5) is 0 Å². The van der Waals surface area contributed by atoms with Gasteiger partial charge >= 0.3 is 0 Å². The van der Waals surface area contributed by atoms with Crippen LogP contribution in [0.3, 0.4) is 0 Å². The quantitative estimate of drug-likeness (QED) is 0.671. The average Bonchev–Trinajstić information content (AvgIpc) is 2.46. The minimum Gasteiger partial charge on any atom is -0.265 e. The molecule has 3 rings (SSSR count). The lowest BCUT2D eigenvalue weighted by Gasteiger charge is -2.00. The Morgan fingerprint density at radius 2 is 1.61 bits per heavy atom. The Kier molecular flexibility index (Phi) is 2.84. The van der Waals surface area contributed by atoms with Gasteiger partial charge in [-0.2, -0.15) is 0 Å². The van der Waals surface area contributed by atoms with E-state index in [1.807, 2.05) is 42.6 Å². The van der Waals surface area contributed by atoms with Gasteiger partial charge in [0.15, 0.2) is 0 Å². The molecule has 86 valence electrons. The Morgan fingerprint density at radius 3 is 2.50 bits per heavy atom. The third-order valence-electron chi connectivity index (χ3n) is 2.84. The van der Waals surface area contributed by atoms with E-state index in [0.717, 1.165) is 11.3 Å². The summed E-state index contributed by atoms with van der Waals surface area (Å²) < 4.78 is 0. The van der Waals surface area contributed by atoms with Crippen molar-refractivity contribution < 1.29 is 0 Å². The van der Waals surface area contributed by atoms with Crippen LogP contribution in [-0.2, 0) is 0 Å². The fraction of sp³-hybridized carbons (Fsp3) is 0. The second-order valence-corrected chi connectivity index (χ2v) is 4.03. The summed E-state index contributed by atoms with van der Waals surface area (Å²) in [7, 11) is 0. The highest BCUT2D eigenvalue weighted by atomic mass is 14.7. The van der Waals surface area contributed by atoms with E-state index in [1.165, 1.54) is 10.8 Å². The standard InChI is InChI=1S/C16H12N2/c1-2-4-15-14(3-1)9-12-18-16(15)6-5-13-7-10-17-11-8-13/h1-12H. The molecule has 0 aliphatic heterocycles. The van der Waals surface area contributed by atoms with Crippen LogP contribution in [0.5, 0.6) is 0 Å². The van der Waals surface area contributed by atoms with Gasteiger partial charge in [0, 0.05) is 24.0 Å². The largest absolute Gasteiger partial charge is 0.265 e. The molecule has 0 amide bonds. The number of benzene rings is 1. The zero-order chi connectivity index (χ0) is 12.2. The maximum atomic E-state index is 4.42. The molecule has 0 aliphatic rings. The SMILES string of the molecule is C(=Cc1nccc2ccccc12)c1ccncc1. The predicted octanol–water partition coefficient (Wildman–Crippen LogP) is 3.80. The summed E-state index contributed by atoms with van der Waals surface area (Å²) in [5.41, 5.74) is 2.12. The number of fused-ring (bicyclic) bond motifs is 1. The minimum absolute atomic E-state index is 0.991. The molecule has 0 aliphatic carbocycles. The van der Waals surface area contributed by atoms with Gasteiger partial charge in [-0.1, -0.05) is 30.3 Å². The van der Waals surface area contributed by atoms with E-state index in [4.69, 9.17) is 0 Å². The summed E-state index contributed by atoms with van der Waals surface area (Å²) in [6, 6.07) is 14.2. The van der Waals surface area contributed by atoms with Crippen LogP contribution < -0.4 is 0 Å². The lowest BCUT2D eigenvalue weighted by atomic mass is 10.1. The number of hydrogen-bond donors (Lipinski definition) is 0. The van der Waals surface area contributed by atoms with Gasteiger partial charge in [0.1, 0.15) is 0 Å². The van der Waals surface area contributed by atoms with Gasteiger partial charge in [-0.25, -0.2) is 0 Å². The second kappa shape index (κ2) is 4.80. The molecule has 0 bridgehead atoms. The average molecular weight is 232 g/mol. The first-order valence-electron chi connectivity index (χ1n) is 5.85. The highest BCUT2D eigenvalue weighted by Crippen LogP contribution is 2.18. The normalized spacial score (nSPS) is 11.1. The monoisotopic (exact) mass is 232 g/mol. The summed E-state index contributed by atoms with van der Waals surface area (Å²) in [6.45, 7) is 0. The maximum absolute atomic E-state index is 4.42. The predicted molar refractivity (Wildman–Crippen MR) is 74.9 cm³/mol. The number of aromatic nitrogens is 2. The number of pyridine rings is 2. The van der Waals surface area contributed by atoms with Crippen molar-refractivity contribution in [1.29, 1.82) is 0 Å². The van der Waals surface area contributed by atoms with Crippen molar-refractivity contribution in [3.05, 3.63) is 72.3 Å². The molecule has 2 heteroatoms. The highest BCUT2D eigenvalue weighted by Gasteiger charge is 1.97. The van der Waals surface area contributed by atoms with Crippen molar-refractivity contribution in [3.63, 3.8) is 0 Å². The van der Waals surface area contributed by atoms with Gasteiger partial charge in [-0.15, -0.1) is 0 Å². The summed E-state index contributed by atoms with van der Waals surface area (Å²) in [5, 5.41) is 2.38. The van der Waals surface area contributed by atoms with E-state index in [0.29, 0.717) is 0 Å². The van der Waals surface area contributed by atoms with Crippen LogP contribution >= 0.6 is 0 Å². The van der Waals surface area contributed by atoms with Crippen LogP contribution in [0.15, 0.2) is 61.1 Å². The molecule has 0 saturated carbocycles. The molecule has 0 atom stereocenters. The van der Waals surface area contributed by atoms with E-state index in [1.54, 1.807) is 12.4 Å². The summed E-state index contributed by atoms with van der Waals surface area (Å²) >= 11 is 0. The molecule has 0 fully saturated rings. The molecule has 2 aromatic heterocycles. The lowest BCUT2D eigenvalue weighted by molar-refractivity contribution is 1.32. The van der Waals surface area contributed by atoms with Gasteiger partial charge in [0.2, 0.25) is 0 Å². The van der Waals surface area contributed by atoms with E-state index < -0.39 is 0 Å². The van der Waals surface area contributed by atoms with E-state index in [9.17, 15) is 0 Å². The first kappa shape index (κ1) is 10.7. The molecule has 0 saturated heterocycles. The molecule has 0 spiro atoms. The molecule has 0 N–H and O–H groups in total.